The highest BCUT2D eigenvalue weighted by Gasteiger charge is 2.18. The van der Waals surface area contributed by atoms with Crippen molar-refractivity contribution in [2.24, 2.45) is 0 Å². The van der Waals surface area contributed by atoms with Gasteiger partial charge >= 0.3 is 0 Å². The molecular formula is C13H19FN2O. The number of aryl methyl sites for hydroxylation is 1. The van der Waals surface area contributed by atoms with Crippen LogP contribution >= 0.6 is 0 Å². The molecule has 0 fully saturated rings. The molecule has 1 atom stereocenters. The number of ether oxygens (including phenoxy) is 1. The van der Waals surface area contributed by atoms with E-state index in [9.17, 15) is 4.39 Å². The predicted molar refractivity (Wildman–Crippen MR) is 68.1 cm³/mol. The van der Waals surface area contributed by atoms with Crippen LogP contribution in [0.1, 0.15) is 18.4 Å². The lowest BCUT2D eigenvalue weighted by Crippen LogP contribution is -2.33. The predicted octanol–water partition coefficient (Wildman–Crippen LogP) is 2.77. The summed E-state index contributed by atoms with van der Waals surface area (Å²) in [6, 6.07) is 3.81. The van der Waals surface area contributed by atoms with Gasteiger partial charge in [-0.2, -0.15) is 0 Å². The first-order valence-corrected chi connectivity index (χ1v) is 6.00. The molecule has 1 aromatic carbocycles. The van der Waals surface area contributed by atoms with Gasteiger partial charge in [-0.05, 0) is 37.5 Å². The lowest BCUT2D eigenvalue weighted by atomic mass is 10.1. The van der Waals surface area contributed by atoms with Crippen molar-refractivity contribution in [2.45, 2.75) is 25.8 Å². The van der Waals surface area contributed by atoms with Crippen molar-refractivity contribution in [2.75, 3.05) is 30.9 Å². The van der Waals surface area contributed by atoms with Crippen LogP contribution in [0.2, 0.25) is 0 Å². The van der Waals surface area contributed by atoms with Crippen molar-refractivity contribution in [1.29, 1.82) is 0 Å². The van der Waals surface area contributed by atoms with Gasteiger partial charge in [0.05, 0.1) is 11.4 Å². The molecule has 1 aromatic rings. The van der Waals surface area contributed by atoms with Crippen LogP contribution in [0.15, 0.2) is 12.1 Å². The molecule has 0 saturated heterocycles. The molecule has 0 saturated carbocycles. The second-order valence-corrected chi connectivity index (χ2v) is 4.50. The molecule has 1 heterocycles. The Kier molecular flexibility index (Phi) is 3.84. The van der Waals surface area contributed by atoms with E-state index >= 15 is 0 Å². The van der Waals surface area contributed by atoms with Crippen molar-refractivity contribution >= 4 is 11.4 Å². The van der Waals surface area contributed by atoms with E-state index in [2.05, 4.69) is 10.6 Å². The zero-order chi connectivity index (χ0) is 12.3. The Morgan fingerprint density at radius 1 is 1.41 bits per heavy atom. The summed E-state index contributed by atoms with van der Waals surface area (Å²) in [5, 5.41) is 6.70. The Morgan fingerprint density at radius 3 is 3.00 bits per heavy atom. The van der Waals surface area contributed by atoms with Crippen LogP contribution in [0.5, 0.6) is 0 Å². The zero-order valence-corrected chi connectivity index (χ0v) is 10.3. The molecule has 0 spiro atoms. The van der Waals surface area contributed by atoms with Gasteiger partial charge < -0.3 is 15.4 Å². The molecule has 1 aliphatic heterocycles. The third kappa shape index (κ3) is 2.88. The van der Waals surface area contributed by atoms with Gasteiger partial charge in [0.25, 0.3) is 0 Å². The average molecular weight is 238 g/mol. The quantitative estimate of drug-likeness (QED) is 0.791. The van der Waals surface area contributed by atoms with Crippen molar-refractivity contribution in [3.8, 4) is 0 Å². The minimum Gasteiger partial charge on any atom is -0.385 e. The van der Waals surface area contributed by atoms with Gasteiger partial charge in [0, 0.05) is 26.3 Å². The van der Waals surface area contributed by atoms with Crippen molar-refractivity contribution in [3.05, 3.63) is 23.5 Å². The van der Waals surface area contributed by atoms with Crippen molar-refractivity contribution < 1.29 is 9.13 Å². The summed E-state index contributed by atoms with van der Waals surface area (Å²) in [6.07, 6.45) is 2.09. The van der Waals surface area contributed by atoms with Crippen LogP contribution in [0.4, 0.5) is 15.8 Å². The number of rotatable bonds is 4. The molecule has 0 aliphatic carbocycles. The fraction of sp³-hybridized carbons (Fsp3) is 0.538. The second kappa shape index (κ2) is 5.36. The summed E-state index contributed by atoms with van der Waals surface area (Å²) in [6.45, 7) is 3.40. The third-order valence-electron chi connectivity index (χ3n) is 3.10. The number of methoxy groups -OCH3 is 1. The number of hydrogen-bond acceptors (Lipinski definition) is 3. The molecule has 1 unspecified atom stereocenters. The first kappa shape index (κ1) is 12.2. The molecule has 0 aromatic heterocycles. The SMILES string of the molecule is COCCCC1CNc2cc(F)c(C)cc2N1. The van der Waals surface area contributed by atoms with E-state index in [0.29, 0.717) is 11.6 Å². The van der Waals surface area contributed by atoms with E-state index in [0.717, 1.165) is 37.4 Å². The van der Waals surface area contributed by atoms with Gasteiger partial charge in [-0.1, -0.05) is 0 Å². The molecule has 0 bridgehead atoms. The lowest BCUT2D eigenvalue weighted by molar-refractivity contribution is 0.191. The van der Waals surface area contributed by atoms with Gasteiger partial charge in [-0.25, -0.2) is 4.39 Å². The monoisotopic (exact) mass is 238 g/mol. The Bertz CT molecular complexity index is 395. The molecule has 0 radical (unpaired) electrons. The van der Waals surface area contributed by atoms with Crippen molar-refractivity contribution in [3.63, 3.8) is 0 Å². The van der Waals surface area contributed by atoms with Crippen LogP contribution in [-0.4, -0.2) is 26.3 Å². The number of benzene rings is 1. The second-order valence-electron chi connectivity index (χ2n) is 4.50. The summed E-state index contributed by atoms with van der Waals surface area (Å²) >= 11 is 0. The summed E-state index contributed by atoms with van der Waals surface area (Å²) in [5.41, 5.74) is 2.53. The van der Waals surface area contributed by atoms with Gasteiger partial charge in [0.2, 0.25) is 0 Å². The Morgan fingerprint density at radius 2 is 2.24 bits per heavy atom. The fourth-order valence-corrected chi connectivity index (χ4v) is 2.10. The summed E-state index contributed by atoms with van der Waals surface area (Å²) in [5.74, 6) is -0.157. The normalized spacial score (nSPS) is 18.2. The van der Waals surface area contributed by atoms with E-state index in [4.69, 9.17) is 4.74 Å². The number of halogens is 1. The number of anilines is 2. The standard InChI is InChI=1S/C13H19FN2O/c1-9-6-13-12(7-11(9)14)15-8-10(16-13)4-3-5-17-2/h6-7,10,15-16H,3-5,8H2,1-2H3. The molecule has 2 N–H and O–H groups in total. The Labute approximate surface area is 101 Å². The average Bonchev–Trinajstić information content (AvgIpc) is 2.31. The van der Waals surface area contributed by atoms with E-state index in [1.54, 1.807) is 20.1 Å². The van der Waals surface area contributed by atoms with E-state index < -0.39 is 0 Å². The van der Waals surface area contributed by atoms with Gasteiger partial charge in [0.1, 0.15) is 5.82 Å². The summed E-state index contributed by atoms with van der Waals surface area (Å²) < 4.78 is 18.4. The number of fused-ring (bicyclic) bond motifs is 1. The smallest absolute Gasteiger partial charge is 0.128 e. The van der Waals surface area contributed by atoms with E-state index in [1.807, 2.05) is 6.07 Å². The molecule has 17 heavy (non-hydrogen) atoms. The van der Waals surface area contributed by atoms with Crippen LogP contribution < -0.4 is 10.6 Å². The van der Waals surface area contributed by atoms with E-state index in [1.165, 1.54) is 0 Å². The van der Waals surface area contributed by atoms with Crippen molar-refractivity contribution in [1.82, 2.24) is 0 Å². The van der Waals surface area contributed by atoms with Gasteiger partial charge in [-0.15, -0.1) is 0 Å². The highest BCUT2D eigenvalue weighted by atomic mass is 19.1. The fourth-order valence-electron chi connectivity index (χ4n) is 2.10. The molecule has 2 rings (SSSR count). The van der Waals surface area contributed by atoms with Gasteiger partial charge in [0.15, 0.2) is 0 Å². The van der Waals surface area contributed by atoms with Crippen LogP contribution in [0.25, 0.3) is 0 Å². The molecule has 1 aliphatic rings. The third-order valence-corrected chi connectivity index (χ3v) is 3.10. The molecule has 3 nitrogen and oxygen atoms in total. The highest BCUT2D eigenvalue weighted by molar-refractivity contribution is 5.72. The lowest BCUT2D eigenvalue weighted by Gasteiger charge is -2.28. The first-order chi connectivity index (χ1) is 8.20. The Balaban J connectivity index is 2.00. The minimum absolute atomic E-state index is 0.157. The zero-order valence-electron chi connectivity index (χ0n) is 10.3. The topological polar surface area (TPSA) is 33.3 Å². The van der Waals surface area contributed by atoms with Crippen LogP contribution in [0, 0.1) is 12.7 Å². The summed E-state index contributed by atoms with van der Waals surface area (Å²) in [7, 11) is 1.72. The van der Waals surface area contributed by atoms with Gasteiger partial charge in [-0.3, -0.25) is 0 Å². The Hall–Kier alpha value is -1.29. The molecule has 4 heteroatoms. The maximum atomic E-state index is 13.4. The van der Waals surface area contributed by atoms with Crippen LogP contribution in [-0.2, 0) is 4.74 Å². The molecule has 0 amide bonds. The molecule has 94 valence electrons. The first-order valence-electron chi connectivity index (χ1n) is 6.00. The maximum absolute atomic E-state index is 13.4. The maximum Gasteiger partial charge on any atom is 0.128 e. The highest BCUT2D eigenvalue weighted by Crippen LogP contribution is 2.29. The molecular weight excluding hydrogens is 219 g/mol. The minimum atomic E-state index is -0.157. The van der Waals surface area contributed by atoms with E-state index in [-0.39, 0.29) is 5.82 Å². The number of hydrogen-bond donors (Lipinski definition) is 2. The largest absolute Gasteiger partial charge is 0.385 e. The van der Waals surface area contributed by atoms with Crippen LogP contribution in [0.3, 0.4) is 0 Å². The summed E-state index contributed by atoms with van der Waals surface area (Å²) in [4.78, 5) is 0. The number of nitrogens with one attached hydrogen (secondary N) is 2.